The van der Waals surface area contributed by atoms with Crippen LogP contribution in [0.3, 0.4) is 0 Å². The maximum Gasteiger partial charge on any atom is 0.317 e. The van der Waals surface area contributed by atoms with Crippen molar-refractivity contribution in [3.63, 3.8) is 0 Å². The van der Waals surface area contributed by atoms with E-state index in [-0.39, 0.29) is 12.6 Å². The molecule has 1 aliphatic rings. The Balaban J connectivity index is 2.08. The van der Waals surface area contributed by atoms with Gasteiger partial charge < -0.3 is 14.4 Å². The van der Waals surface area contributed by atoms with Crippen molar-refractivity contribution in [3.05, 3.63) is 53.9 Å². The number of para-hydroxylation sites is 1. The lowest BCUT2D eigenvalue weighted by atomic mass is 9.99. The van der Waals surface area contributed by atoms with Crippen LogP contribution in [-0.4, -0.2) is 40.7 Å². The summed E-state index contributed by atoms with van der Waals surface area (Å²) in [7, 11) is 1.64. The van der Waals surface area contributed by atoms with Crippen LogP contribution in [0.2, 0.25) is 0 Å². The zero-order valence-electron chi connectivity index (χ0n) is 11.9. The van der Waals surface area contributed by atoms with E-state index in [4.69, 9.17) is 4.74 Å². The lowest BCUT2D eigenvalue weighted by molar-refractivity contribution is -0.139. The first kappa shape index (κ1) is 13.7. The van der Waals surface area contributed by atoms with Crippen LogP contribution < -0.4 is 4.74 Å². The van der Waals surface area contributed by atoms with Crippen LogP contribution in [0.1, 0.15) is 17.3 Å². The number of aliphatic carboxylic acids is 1. The molecule has 0 fully saturated rings. The van der Waals surface area contributed by atoms with E-state index in [9.17, 15) is 9.90 Å². The first-order chi connectivity index (χ1) is 10.2. The predicted octanol–water partition coefficient (Wildman–Crippen LogP) is 1.99. The Hall–Kier alpha value is -2.27. The number of fused-ring (bicyclic) bond motifs is 1. The predicted molar refractivity (Wildman–Crippen MR) is 78.5 cm³/mol. The van der Waals surface area contributed by atoms with Crippen LogP contribution in [0.15, 0.2) is 42.6 Å². The van der Waals surface area contributed by atoms with E-state index >= 15 is 0 Å². The number of methoxy groups -OCH3 is 1. The molecule has 5 nitrogen and oxygen atoms in total. The quantitative estimate of drug-likeness (QED) is 0.934. The van der Waals surface area contributed by atoms with Crippen LogP contribution in [0.25, 0.3) is 0 Å². The number of rotatable bonds is 4. The van der Waals surface area contributed by atoms with Crippen molar-refractivity contribution >= 4 is 5.97 Å². The highest BCUT2D eigenvalue weighted by Gasteiger charge is 2.31. The van der Waals surface area contributed by atoms with Crippen LogP contribution >= 0.6 is 0 Å². The number of hydrogen-bond acceptors (Lipinski definition) is 3. The molecular formula is C16H18N2O3. The van der Waals surface area contributed by atoms with Crippen LogP contribution in [-0.2, 0) is 11.3 Å². The van der Waals surface area contributed by atoms with Crippen molar-refractivity contribution in [1.82, 2.24) is 9.47 Å². The molecule has 0 amide bonds. The Labute approximate surface area is 123 Å². The van der Waals surface area contributed by atoms with E-state index in [1.54, 1.807) is 7.11 Å². The third kappa shape index (κ3) is 2.52. The first-order valence-electron chi connectivity index (χ1n) is 6.94. The highest BCUT2D eigenvalue weighted by atomic mass is 16.5. The van der Waals surface area contributed by atoms with E-state index in [0.717, 1.165) is 23.6 Å². The van der Waals surface area contributed by atoms with Crippen LogP contribution in [0.4, 0.5) is 0 Å². The van der Waals surface area contributed by atoms with Gasteiger partial charge in [0.15, 0.2) is 0 Å². The molecule has 2 heterocycles. The molecule has 0 saturated heterocycles. The van der Waals surface area contributed by atoms with E-state index in [2.05, 4.69) is 4.57 Å². The summed E-state index contributed by atoms with van der Waals surface area (Å²) < 4.78 is 7.64. The van der Waals surface area contributed by atoms with Gasteiger partial charge in [-0.05, 0) is 18.2 Å². The highest BCUT2D eigenvalue weighted by Crippen LogP contribution is 2.36. The second kappa shape index (κ2) is 5.61. The number of ether oxygens (including phenoxy) is 1. The molecule has 1 atom stereocenters. The van der Waals surface area contributed by atoms with Crippen molar-refractivity contribution in [3.8, 4) is 5.75 Å². The van der Waals surface area contributed by atoms with Gasteiger partial charge in [-0.15, -0.1) is 0 Å². The number of carboxylic acid groups (broad SMARTS) is 1. The van der Waals surface area contributed by atoms with Crippen molar-refractivity contribution in [2.75, 3.05) is 20.2 Å². The van der Waals surface area contributed by atoms with Gasteiger partial charge >= 0.3 is 5.97 Å². The van der Waals surface area contributed by atoms with Crippen molar-refractivity contribution in [1.29, 1.82) is 0 Å². The second-order valence-electron chi connectivity index (χ2n) is 5.14. The Bertz CT molecular complexity index is 650. The summed E-state index contributed by atoms with van der Waals surface area (Å²) in [5.41, 5.74) is 2.10. The van der Waals surface area contributed by atoms with Gasteiger partial charge in [0.2, 0.25) is 0 Å². The van der Waals surface area contributed by atoms with Crippen LogP contribution in [0.5, 0.6) is 5.75 Å². The second-order valence-corrected chi connectivity index (χ2v) is 5.14. The molecule has 2 aromatic rings. The monoisotopic (exact) mass is 286 g/mol. The van der Waals surface area contributed by atoms with Gasteiger partial charge in [-0.1, -0.05) is 18.2 Å². The van der Waals surface area contributed by atoms with Crippen molar-refractivity contribution < 1.29 is 14.6 Å². The molecular weight excluding hydrogens is 268 g/mol. The molecule has 0 spiro atoms. The van der Waals surface area contributed by atoms with E-state index in [1.807, 2.05) is 47.5 Å². The smallest absolute Gasteiger partial charge is 0.317 e. The molecule has 0 aliphatic carbocycles. The molecule has 21 heavy (non-hydrogen) atoms. The molecule has 5 heteroatoms. The van der Waals surface area contributed by atoms with Gasteiger partial charge in [0.1, 0.15) is 5.75 Å². The molecule has 1 N–H and O–H groups in total. The molecule has 0 radical (unpaired) electrons. The summed E-state index contributed by atoms with van der Waals surface area (Å²) in [4.78, 5) is 13.2. The Kier molecular flexibility index (Phi) is 3.66. The lowest BCUT2D eigenvalue weighted by Crippen LogP contribution is -2.41. The largest absolute Gasteiger partial charge is 0.496 e. The molecule has 3 rings (SSSR count). The molecule has 1 aromatic heterocycles. The number of aromatic nitrogens is 1. The van der Waals surface area contributed by atoms with E-state index in [0.29, 0.717) is 6.54 Å². The van der Waals surface area contributed by atoms with Crippen molar-refractivity contribution in [2.24, 2.45) is 0 Å². The number of carbonyl (C=O) groups is 1. The summed E-state index contributed by atoms with van der Waals surface area (Å²) in [6.45, 7) is 1.53. The first-order valence-corrected chi connectivity index (χ1v) is 6.94. The maximum absolute atomic E-state index is 11.2. The molecule has 0 saturated carbocycles. The summed E-state index contributed by atoms with van der Waals surface area (Å²) in [5, 5.41) is 9.18. The molecule has 0 bridgehead atoms. The molecule has 1 unspecified atom stereocenters. The fourth-order valence-corrected chi connectivity index (χ4v) is 3.02. The highest BCUT2D eigenvalue weighted by molar-refractivity contribution is 5.69. The number of nitrogens with zero attached hydrogens (tertiary/aromatic N) is 2. The zero-order chi connectivity index (χ0) is 14.8. The minimum Gasteiger partial charge on any atom is -0.496 e. The summed E-state index contributed by atoms with van der Waals surface area (Å²) in [5.74, 6) is -0.0255. The third-order valence-electron chi connectivity index (χ3n) is 3.91. The van der Waals surface area contributed by atoms with Gasteiger partial charge in [0.05, 0.1) is 19.7 Å². The minimum absolute atomic E-state index is 0.0217. The normalized spacial score (nSPS) is 18.2. The number of hydrogen-bond donors (Lipinski definition) is 1. The summed E-state index contributed by atoms with van der Waals surface area (Å²) in [6.07, 6.45) is 2.04. The molecule has 110 valence electrons. The Morgan fingerprint density at radius 2 is 2.10 bits per heavy atom. The number of benzene rings is 1. The molecule has 1 aromatic carbocycles. The van der Waals surface area contributed by atoms with E-state index in [1.165, 1.54) is 0 Å². The summed E-state index contributed by atoms with van der Waals surface area (Å²) >= 11 is 0. The standard InChI is InChI=1S/C16H18N2O3/c1-21-14-7-3-2-5-12(14)16-13-6-4-8-17(13)9-10-18(16)11-15(19)20/h2-8,16H,9-11H2,1H3,(H,19,20). The van der Waals surface area contributed by atoms with Gasteiger partial charge in [-0.2, -0.15) is 0 Å². The van der Waals surface area contributed by atoms with Gasteiger partial charge in [0.25, 0.3) is 0 Å². The third-order valence-corrected chi connectivity index (χ3v) is 3.91. The molecule has 1 aliphatic heterocycles. The maximum atomic E-state index is 11.2. The fraction of sp³-hybridized carbons (Fsp3) is 0.312. The van der Waals surface area contributed by atoms with Crippen molar-refractivity contribution in [2.45, 2.75) is 12.6 Å². The Morgan fingerprint density at radius 3 is 2.86 bits per heavy atom. The van der Waals surface area contributed by atoms with Crippen LogP contribution in [0, 0.1) is 0 Å². The summed E-state index contributed by atoms with van der Waals surface area (Å²) in [6, 6.07) is 11.7. The SMILES string of the molecule is COc1ccccc1C1c2cccn2CCN1CC(=O)O. The van der Waals surface area contributed by atoms with E-state index < -0.39 is 5.97 Å². The Morgan fingerprint density at radius 1 is 1.29 bits per heavy atom. The van der Waals surface area contributed by atoms with Gasteiger partial charge in [0, 0.05) is 30.5 Å². The van der Waals surface area contributed by atoms with Gasteiger partial charge in [-0.25, -0.2) is 0 Å². The fourth-order valence-electron chi connectivity index (χ4n) is 3.02. The lowest BCUT2D eigenvalue weighted by Gasteiger charge is -2.36. The topological polar surface area (TPSA) is 54.7 Å². The zero-order valence-corrected chi connectivity index (χ0v) is 11.9. The van der Waals surface area contributed by atoms with Gasteiger partial charge in [-0.3, -0.25) is 9.69 Å². The number of carboxylic acids is 1. The average Bonchev–Trinajstić information content (AvgIpc) is 2.95. The minimum atomic E-state index is -0.810. The average molecular weight is 286 g/mol.